The van der Waals surface area contributed by atoms with Crippen molar-refractivity contribution in [2.45, 2.75) is 31.7 Å². The zero-order chi connectivity index (χ0) is 25.8. The molecule has 0 bridgehead atoms. The van der Waals surface area contributed by atoms with Gasteiger partial charge in [-0.1, -0.05) is 91.0 Å². The number of hydrogen-bond donors (Lipinski definition) is 3. The van der Waals surface area contributed by atoms with E-state index in [9.17, 15) is 14.7 Å². The average molecular weight is 491 g/mol. The fraction of sp³-hybridized carbons (Fsp3) is 0.188. The van der Waals surface area contributed by atoms with Gasteiger partial charge in [-0.2, -0.15) is 0 Å². The van der Waals surface area contributed by atoms with Gasteiger partial charge in [0.1, 0.15) is 5.54 Å². The molecule has 186 valence electrons. The summed E-state index contributed by atoms with van der Waals surface area (Å²) in [5.74, 6) is -1.76. The fourth-order valence-electron chi connectivity index (χ4n) is 5.10. The lowest BCUT2D eigenvalue weighted by atomic mass is 9.87. The molecule has 2 atom stereocenters. The number of hydrogen-bond acceptors (Lipinski definition) is 2. The van der Waals surface area contributed by atoms with Crippen molar-refractivity contribution >= 4 is 33.6 Å². The summed E-state index contributed by atoms with van der Waals surface area (Å²) in [5, 5.41) is 16.3. The van der Waals surface area contributed by atoms with Gasteiger partial charge in [0, 0.05) is 29.4 Å². The Hall–Kier alpha value is -4.38. The molecule has 0 aliphatic carbocycles. The first-order chi connectivity index (χ1) is 17.9. The smallest absolute Gasteiger partial charge is 0.329 e. The Balaban J connectivity index is 1.45. The van der Waals surface area contributed by atoms with E-state index in [2.05, 4.69) is 34.6 Å². The highest BCUT2D eigenvalue weighted by molar-refractivity contribution is 5.91. The second-order valence-corrected chi connectivity index (χ2v) is 9.89. The number of aromatic amines is 1. The Morgan fingerprint density at radius 3 is 2.27 bits per heavy atom. The monoisotopic (exact) mass is 490 g/mol. The number of carbonyl (C=O) groups is 2. The average Bonchev–Trinajstić information content (AvgIpc) is 3.31. The minimum atomic E-state index is -1.46. The first kappa shape index (κ1) is 24.3. The van der Waals surface area contributed by atoms with Crippen LogP contribution in [-0.4, -0.2) is 27.5 Å². The standard InChI is InChI=1S/C32H30N2O3/c1-32(31(36)37,20-26-21-33-29-17-8-7-16-28(26)29)34-30(35)25(18-22-10-3-2-4-11-22)19-24-14-9-13-23-12-5-6-15-27(23)24/h2-17,21,25,33H,18-20H2,1H3,(H,34,35)(H,36,37)/t25?,32-/m1/s1. The molecule has 1 amide bonds. The van der Waals surface area contributed by atoms with Crippen molar-refractivity contribution in [2.75, 3.05) is 0 Å². The van der Waals surface area contributed by atoms with E-state index in [0.717, 1.165) is 38.4 Å². The fourth-order valence-corrected chi connectivity index (χ4v) is 5.10. The van der Waals surface area contributed by atoms with Crippen LogP contribution in [0.5, 0.6) is 0 Å². The van der Waals surface area contributed by atoms with Gasteiger partial charge >= 0.3 is 5.97 Å². The van der Waals surface area contributed by atoms with E-state index in [1.807, 2.05) is 79.0 Å². The third kappa shape index (κ3) is 5.26. The molecule has 5 aromatic rings. The van der Waals surface area contributed by atoms with Gasteiger partial charge in [0.2, 0.25) is 5.91 Å². The molecule has 0 saturated heterocycles. The minimum Gasteiger partial charge on any atom is -0.480 e. The van der Waals surface area contributed by atoms with Crippen molar-refractivity contribution in [3.63, 3.8) is 0 Å². The van der Waals surface area contributed by atoms with Crippen LogP contribution in [0.3, 0.4) is 0 Å². The van der Waals surface area contributed by atoms with Crippen LogP contribution in [0.25, 0.3) is 21.7 Å². The summed E-state index contributed by atoms with van der Waals surface area (Å²) in [6.07, 6.45) is 3.02. The number of para-hydroxylation sites is 1. The number of carboxylic acid groups (broad SMARTS) is 1. The third-order valence-corrected chi connectivity index (χ3v) is 7.13. The quantitative estimate of drug-likeness (QED) is 0.240. The molecule has 4 aromatic carbocycles. The lowest BCUT2D eigenvalue weighted by molar-refractivity contribution is -0.147. The first-order valence-electron chi connectivity index (χ1n) is 12.5. The number of carbonyl (C=O) groups excluding carboxylic acids is 1. The van der Waals surface area contributed by atoms with E-state index in [0.29, 0.717) is 12.8 Å². The maximum Gasteiger partial charge on any atom is 0.329 e. The van der Waals surface area contributed by atoms with Crippen LogP contribution in [0.15, 0.2) is 103 Å². The molecule has 37 heavy (non-hydrogen) atoms. The van der Waals surface area contributed by atoms with E-state index in [1.54, 1.807) is 6.92 Å². The lowest BCUT2D eigenvalue weighted by Crippen LogP contribution is -2.55. The highest BCUT2D eigenvalue weighted by Gasteiger charge is 2.37. The number of aliphatic carboxylic acids is 1. The van der Waals surface area contributed by atoms with Crippen molar-refractivity contribution in [1.82, 2.24) is 10.3 Å². The zero-order valence-electron chi connectivity index (χ0n) is 20.8. The predicted octanol–water partition coefficient (Wildman–Crippen LogP) is 5.92. The van der Waals surface area contributed by atoms with Crippen molar-refractivity contribution in [3.8, 4) is 0 Å². The number of fused-ring (bicyclic) bond motifs is 2. The second-order valence-electron chi connectivity index (χ2n) is 9.89. The molecular formula is C32H30N2O3. The van der Waals surface area contributed by atoms with Gasteiger partial charge in [-0.05, 0) is 53.3 Å². The molecule has 0 aliphatic heterocycles. The first-order valence-corrected chi connectivity index (χ1v) is 12.5. The molecular weight excluding hydrogens is 460 g/mol. The number of nitrogens with one attached hydrogen (secondary N) is 2. The van der Waals surface area contributed by atoms with Crippen molar-refractivity contribution < 1.29 is 14.7 Å². The van der Waals surface area contributed by atoms with Crippen LogP contribution in [0.2, 0.25) is 0 Å². The number of aromatic nitrogens is 1. The molecule has 0 aliphatic rings. The summed E-state index contributed by atoms with van der Waals surface area (Å²) in [6, 6.07) is 31.9. The Bertz CT molecular complexity index is 1550. The van der Waals surface area contributed by atoms with E-state index in [1.165, 1.54) is 0 Å². The summed E-state index contributed by atoms with van der Waals surface area (Å²) in [5.41, 5.74) is 2.44. The van der Waals surface area contributed by atoms with Gasteiger partial charge in [-0.3, -0.25) is 4.79 Å². The van der Waals surface area contributed by atoms with Gasteiger partial charge < -0.3 is 15.4 Å². The number of H-pyrrole nitrogens is 1. The molecule has 5 heteroatoms. The summed E-state index contributed by atoms with van der Waals surface area (Å²) in [7, 11) is 0. The minimum absolute atomic E-state index is 0.171. The maximum absolute atomic E-state index is 13.8. The van der Waals surface area contributed by atoms with Crippen LogP contribution in [0.4, 0.5) is 0 Å². The van der Waals surface area contributed by atoms with Crippen molar-refractivity contribution in [2.24, 2.45) is 5.92 Å². The van der Waals surface area contributed by atoms with Crippen LogP contribution < -0.4 is 5.32 Å². The van der Waals surface area contributed by atoms with Crippen molar-refractivity contribution in [3.05, 3.63) is 120 Å². The highest BCUT2D eigenvalue weighted by atomic mass is 16.4. The maximum atomic E-state index is 13.8. The van der Waals surface area contributed by atoms with Crippen LogP contribution >= 0.6 is 0 Å². The molecule has 1 aromatic heterocycles. The molecule has 1 heterocycles. The van der Waals surface area contributed by atoms with E-state index < -0.39 is 17.4 Å². The molecule has 0 radical (unpaired) electrons. The number of rotatable bonds is 9. The van der Waals surface area contributed by atoms with Crippen molar-refractivity contribution in [1.29, 1.82) is 0 Å². The lowest BCUT2D eigenvalue weighted by Gasteiger charge is -2.29. The molecule has 5 rings (SSSR count). The van der Waals surface area contributed by atoms with Crippen LogP contribution in [-0.2, 0) is 28.9 Å². The van der Waals surface area contributed by atoms with Gasteiger partial charge in [-0.15, -0.1) is 0 Å². The van der Waals surface area contributed by atoms with Gasteiger partial charge in [-0.25, -0.2) is 4.79 Å². The largest absolute Gasteiger partial charge is 0.480 e. The number of amides is 1. The molecule has 0 fully saturated rings. The Morgan fingerprint density at radius 1 is 0.811 bits per heavy atom. The third-order valence-electron chi connectivity index (χ3n) is 7.13. The SMILES string of the molecule is C[C@](Cc1c[nH]c2ccccc12)(NC(=O)C(Cc1ccccc1)Cc1cccc2ccccc12)C(=O)O. The van der Waals surface area contributed by atoms with Gasteiger partial charge in [0.05, 0.1) is 0 Å². The predicted molar refractivity (Wildman–Crippen MR) is 147 cm³/mol. The number of carboxylic acids is 1. The molecule has 0 saturated carbocycles. The topological polar surface area (TPSA) is 82.2 Å². The normalized spacial score (nSPS) is 13.8. The Morgan fingerprint density at radius 2 is 1.49 bits per heavy atom. The molecule has 3 N–H and O–H groups in total. The Labute approximate surface area is 216 Å². The summed E-state index contributed by atoms with van der Waals surface area (Å²) in [6.45, 7) is 1.59. The Kier molecular flexibility index (Phi) is 6.78. The highest BCUT2D eigenvalue weighted by Crippen LogP contribution is 2.26. The van der Waals surface area contributed by atoms with E-state index >= 15 is 0 Å². The summed E-state index contributed by atoms with van der Waals surface area (Å²) >= 11 is 0. The number of benzene rings is 4. The van der Waals surface area contributed by atoms with Crippen LogP contribution in [0.1, 0.15) is 23.6 Å². The van der Waals surface area contributed by atoms with E-state index in [-0.39, 0.29) is 12.3 Å². The van der Waals surface area contributed by atoms with E-state index in [4.69, 9.17) is 0 Å². The molecule has 0 spiro atoms. The van der Waals surface area contributed by atoms with Gasteiger partial charge in [0.15, 0.2) is 0 Å². The molecule has 5 nitrogen and oxygen atoms in total. The van der Waals surface area contributed by atoms with Crippen LogP contribution in [0, 0.1) is 5.92 Å². The second kappa shape index (κ2) is 10.3. The summed E-state index contributed by atoms with van der Waals surface area (Å²) in [4.78, 5) is 29.5. The zero-order valence-corrected chi connectivity index (χ0v) is 20.8. The summed E-state index contributed by atoms with van der Waals surface area (Å²) < 4.78 is 0. The molecule has 1 unspecified atom stereocenters. The van der Waals surface area contributed by atoms with Gasteiger partial charge in [0.25, 0.3) is 0 Å².